The van der Waals surface area contributed by atoms with Crippen LogP contribution in [0.3, 0.4) is 0 Å². The van der Waals surface area contributed by atoms with Gasteiger partial charge in [0, 0.05) is 5.69 Å². The first kappa shape index (κ1) is 26.5. The molecule has 0 aliphatic rings. The molecule has 0 fully saturated rings. The number of halogens is 2. The van der Waals surface area contributed by atoms with Crippen molar-refractivity contribution in [2.45, 2.75) is 24.7 Å². The van der Waals surface area contributed by atoms with Crippen molar-refractivity contribution in [3.05, 3.63) is 88.4 Å². The molecule has 0 aliphatic carbocycles. The van der Waals surface area contributed by atoms with E-state index in [4.69, 9.17) is 27.9 Å². The van der Waals surface area contributed by atoms with Gasteiger partial charge in [0.25, 0.3) is 10.0 Å². The zero-order valence-corrected chi connectivity index (χ0v) is 21.2. The van der Waals surface area contributed by atoms with Gasteiger partial charge in [-0.15, -0.1) is 0 Å². The standard InChI is InChI=1S/C25H24Cl2N2O5S/c1-2-3-16-34-25(31)18-12-14-19(15-13-18)28-23(30)17-29(22-11-7-10-21(26)24(22)27)35(32,33)20-8-5-4-6-9-20/h4-15H,2-3,16-17H2,1H3,(H,28,30). The van der Waals surface area contributed by atoms with Crippen LogP contribution in [0.4, 0.5) is 11.4 Å². The lowest BCUT2D eigenvalue weighted by atomic mass is 10.2. The monoisotopic (exact) mass is 534 g/mol. The smallest absolute Gasteiger partial charge is 0.338 e. The normalized spacial score (nSPS) is 11.1. The summed E-state index contributed by atoms with van der Waals surface area (Å²) in [5.74, 6) is -1.06. The van der Waals surface area contributed by atoms with Crippen molar-refractivity contribution in [2.24, 2.45) is 0 Å². The average molecular weight is 535 g/mol. The molecule has 0 radical (unpaired) electrons. The van der Waals surface area contributed by atoms with E-state index >= 15 is 0 Å². The number of ether oxygens (including phenoxy) is 1. The van der Waals surface area contributed by atoms with Crippen LogP contribution in [0.5, 0.6) is 0 Å². The minimum Gasteiger partial charge on any atom is -0.462 e. The number of anilines is 2. The molecule has 0 atom stereocenters. The van der Waals surface area contributed by atoms with E-state index in [2.05, 4.69) is 5.32 Å². The first-order valence-corrected chi connectivity index (χ1v) is 13.0. The van der Waals surface area contributed by atoms with E-state index in [9.17, 15) is 18.0 Å². The Morgan fingerprint density at radius 2 is 1.63 bits per heavy atom. The second kappa shape index (κ2) is 12.1. The first-order chi connectivity index (χ1) is 16.7. The molecule has 10 heteroatoms. The molecule has 0 spiro atoms. The van der Waals surface area contributed by atoms with Crippen LogP contribution in [0.1, 0.15) is 30.1 Å². The molecular formula is C25H24Cl2N2O5S. The Morgan fingerprint density at radius 3 is 2.29 bits per heavy atom. The molecule has 3 aromatic carbocycles. The van der Waals surface area contributed by atoms with Crippen molar-refractivity contribution in [1.82, 2.24) is 0 Å². The molecule has 0 aromatic heterocycles. The number of unbranched alkanes of at least 4 members (excludes halogenated alkanes) is 1. The highest BCUT2D eigenvalue weighted by molar-refractivity contribution is 7.92. The number of hydrogen-bond acceptors (Lipinski definition) is 5. The van der Waals surface area contributed by atoms with Gasteiger partial charge >= 0.3 is 5.97 Å². The predicted octanol–water partition coefficient (Wildman–Crippen LogP) is 5.78. The van der Waals surface area contributed by atoms with Crippen molar-refractivity contribution in [1.29, 1.82) is 0 Å². The van der Waals surface area contributed by atoms with Gasteiger partial charge in [0.2, 0.25) is 5.91 Å². The van der Waals surface area contributed by atoms with E-state index in [1.165, 1.54) is 48.5 Å². The Morgan fingerprint density at radius 1 is 0.943 bits per heavy atom. The number of benzene rings is 3. The van der Waals surface area contributed by atoms with Crippen molar-refractivity contribution >= 4 is 56.5 Å². The molecule has 1 amide bonds. The molecule has 0 aliphatic heterocycles. The number of esters is 1. The topological polar surface area (TPSA) is 92.8 Å². The van der Waals surface area contributed by atoms with Crippen LogP contribution >= 0.6 is 23.2 Å². The molecule has 3 aromatic rings. The van der Waals surface area contributed by atoms with E-state index in [0.29, 0.717) is 17.9 Å². The van der Waals surface area contributed by atoms with Crippen LogP contribution < -0.4 is 9.62 Å². The first-order valence-electron chi connectivity index (χ1n) is 10.8. The fourth-order valence-corrected chi connectivity index (χ4v) is 5.02. The fourth-order valence-electron chi connectivity index (χ4n) is 3.12. The van der Waals surface area contributed by atoms with Crippen LogP contribution in [-0.2, 0) is 19.6 Å². The maximum absolute atomic E-state index is 13.4. The third-order valence-corrected chi connectivity index (χ3v) is 7.54. The van der Waals surface area contributed by atoms with Crippen molar-refractivity contribution < 1.29 is 22.7 Å². The quantitative estimate of drug-likeness (QED) is 0.262. The van der Waals surface area contributed by atoms with Crippen molar-refractivity contribution in [3.63, 3.8) is 0 Å². The van der Waals surface area contributed by atoms with E-state index in [0.717, 1.165) is 17.1 Å². The zero-order valence-electron chi connectivity index (χ0n) is 18.9. The summed E-state index contributed by atoms with van der Waals surface area (Å²) in [5.41, 5.74) is 0.802. The molecule has 0 heterocycles. The summed E-state index contributed by atoms with van der Waals surface area (Å²) in [6, 6.07) is 18.4. The minimum absolute atomic E-state index is 0.00483. The van der Waals surface area contributed by atoms with Gasteiger partial charge in [-0.2, -0.15) is 0 Å². The number of rotatable bonds is 10. The van der Waals surface area contributed by atoms with Crippen molar-refractivity contribution in [2.75, 3.05) is 22.8 Å². The molecule has 3 rings (SSSR count). The SMILES string of the molecule is CCCCOC(=O)c1ccc(NC(=O)CN(c2cccc(Cl)c2Cl)S(=O)(=O)c2ccccc2)cc1. The Kier molecular flexibility index (Phi) is 9.14. The van der Waals surface area contributed by atoms with Crippen LogP contribution in [0.25, 0.3) is 0 Å². The number of amides is 1. The summed E-state index contributed by atoms with van der Waals surface area (Å²) in [7, 11) is -4.14. The lowest BCUT2D eigenvalue weighted by Gasteiger charge is -2.25. The van der Waals surface area contributed by atoms with Gasteiger partial charge < -0.3 is 10.1 Å². The number of carbonyl (C=O) groups excluding carboxylic acids is 2. The van der Waals surface area contributed by atoms with Gasteiger partial charge in [-0.1, -0.05) is 60.8 Å². The summed E-state index contributed by atoms with van der Waals surface area (Å²) in [5, 5.41) is 2.80. The van der Waals surface area contributed by atoms with Crippen LogP contribution in [-0.4, -0.2) is 33.4 Å². The third-order valence-electron chi connectivity index (χ3n) is 4.95. The van der Waals surface area contributed by atoms with E-state index in [1.54, 1.807) is 24.3 Å². The molecular weight excluding hydrogens is 511 g/mol. The maximum atomic E-state index is 13.4. The summed E-state index contributed by atoms with van der Waals surface area (Å²) in [4.78, 5) is 24.9. The Hall–Kier alpha value is -3.07. The summed E-state index contributed by atoms with van der Waals surface area (Å²) in [6.45, 7) is 1.78. The Labute approximate surface area is 214 Å². The largest absolute Gasteiger partial charge is 0.462 e. The highest BCUT2D eigenvalue weighted by atomic mass is 35.5. The lowest BCUT2D eigenvalue weighted by Crippen LogP contribution is -2.38. The van der Waals surface area contributed by atoms with E-state index < -0.39 is 28.4 Å². The molecule has 35 heavy (non-hydrogen) atoms. The van der Waals surface area contributed by atoms with Crippen molar-refractivity contribution in [3.8, 4) is 0 Å². The predicted molar refractivity (Wildman–Crippen MR) is 138 cm³/mol. The molecule has 0 unspecified atom stereocenters. The summed E-state index contributed by atoms with van der Waals surface area (Å²) >= 11 is 12.4. The minimum atomic E-state index is -4.14. The fraction of sp³-hybridized carbons (Fsp3) is 0.200. The molecule has 7 nitrogen and oxygen atoms in total. The van der Waals surface area contributed by atoms with Gasteiger partial charge in [0.05, 0.1) is 32.8 Å². The van der Waals surface area contributed by atoms with E-state index in [1.807, 2.05) is 6.92 Å². The highest BCUT2D eigenvalue weighted by Crippen LogP contribution is 2.35. The molecule has 1 N–H and O–H groups in total. The molecule has 0 saturated heterocycles. The van der Waals surface area contributed by atoms with Gasteiger partial charge in [0.1, 0.15) is 6.54 Å². The van der Waals surface area contributed by atoms with Gasteiger partial charge in [-0.05, 0) is 55.0 Å². The van der Waals surface area contributed by atoms with Gasteiger partial charge in [0.15, 0.2) is 0 Å². The molecule has 184 valence electrons. The number of nitrogens with one attached hydrogen (secondary N) is 1. The van der Waals surface area contributed by atoms with Gasteiger partial charge in [-0.25, -0.2) is 13.2 Å². The number of carbonyl (C=O) groups is 2. The van der Waals surface area contributed by atoms with E-state index in [-0.39, 0.29) is 20.6 Å². The zero-order chi connectivity index (χ0) is 25.4. The number of sulfonamides is 1. The Bertz CT molecular complexity index is 1280. The van der Waals surface area contributed by atoms with Crippen LogP contribution in [0, 0.1) is 0 Å². The number of nitrogens with zero attached hydrogens (tertiary/aromatic N) is 1. The third kappa shape index (κ3) is 6.75. The lowest BCUT2D eigenvalue weighted by molar-refractivity contribution is -0.114. The molecule has 0 saturated carbocycles. The van der Waals surface area contributed by atoms with Gasteiger partial charge in [-0.3, -0.25) is 9.10 Å². The second-order valence-electron chi connectivity index (χ2n) is 7.51. The molecule has 0 bridgehead atoms. The van der Waals surface area contributed by atoms with Crippen LogP contribution in [0.15, 0.2) is 77.7 Å². The highest BCUT2D eigenvalue weighted by Gasteiger charge is 2.29. The number of hydrogen-bond donors (Lipinski definition) is 1. The second-order valence-corrected chi connectivity index (χ2v) is 10.2. The maximum Gasteiger partial charge on any atom is 0.338 e. The summed E-state index contributed by atoms with van der Waals surface area (Å²) < 4.78 is 32.9. The van der Waals surface area contributed by atoms with Crippen LogP contribution in [0.2, 0.25) is 10.0 Å². The Balaban J connectivity index is 1.81. The average Bonchev–Trinajstić information content (AvgIpc) is 2.85. The summed E-state index contributed by atoms with van der Waals surface area (Å²) in [6.07, 6.45) is 1.69.